The van der Waals surface area contributed by atoms with Crippen molar-refractivity contribution in [1.29, 1.82) is 0 Å². The van der Waals surface area contributed by atoms with Crippen LogP contribution in [0.25, 0.3) is 10.2 Å². The van der Waals surface area contributed by atoms with Crippen LogP contribution in [-0.4, -0.2) is 38.4 Å². The number of ether oxygens (including phenoxy) is 1. The van der Waals surface area contributed by atoms with Crippen LogP contribution in [0, 0.1) is 13.8 Å². The minimum absolute atomic E-state index is 0.0234. The standard InChI is InChI=1S/C24H20N4O4S2/c1-4-32-14-8-9-15-17(11-14)34-24(27-15)28-19(16-7-5-6-10-25-16)18(21(30)23(28)31)20(29)22-12(2)26-13(3)33-22/h5-11,19,30H,4H2,1-3H3. The van der Waals surface area contributed by atoms with Gasteiger partial charge in [-0.25, -0.2) is 9.97 Å². The first-order valence-electron chi connectivity index (χ1n) is 10.6. The number of carbonyl (C=O) groups excluding carboxylic acids is 2. The molecule has 0 saturated heterocycles. The van der Waals surface area contributed by atoms with Crippen molar-refractivity contribution in [2.45, 2.75) is 26.8 Å². The van der Waals surface area contributed by atoms with Crippen LogP contribution in [0.5, 0.6) is 5.75 Å². The first kappa shape index (κ1) is 22.2. The van der Waals surface area contributed by atoms with Crippen molar-refractivity contribution in [2.75, 3.05) is 11.5 Å². The summed E-state index contributed by atoms with van der Waals surface area (Å²) in [6.07, 6.45) is 1.59. The topological polar surface area (TPSA) is 106 Å². The molecule has 1 aromatic carbocycles. The van der Waals surface area contributed by atoms with Crippen LogP contribution < -0.4 is 9.64 Å². The number of aliphatic hydroxyl groups is 1. The Bertz CT molecular complexity index is 1460. The molecule has 4 aromatic rings. The van der Waals surface area contributed by atoms with Gasteiger partial charge in [0.05, 0.1) is 43.7 Å². The number of amides is 1. The molecule has 0 saturated carbocycles. The fourth-order valence-electron chi connectivity index (χ4n) is 3.97. The molecule has 4 heterocycles. The highest BCUT2D eigenvalue weighted by Crippen LogP contribution is 2.44. The Balaban J connectivity index is 1.64. The molecule has 0 aliphatic carbocycles. The van der Waals surface area contributed by atoms with Crippen molar-refractivity contribution in [3.05, 3.63) is 75.2 Å². The van der Waals surface area contributed by atoms with Gasteiger partial charge in [-0.2, -0.15) is 0 Å². The Labute approximate surface area is 203 Å². The summed E-state index contributed by atoms with van der Waals surface area (Å²) in [5.74, 6) is -1.03. The highest BCUT2D eigenvalue weighted by molar-refractivity contribution is 7.22. The van der Waals surface area contributed by atoms with Crippen LogP contribution >= 0.6 is 22.7 Å². The Morgan fingerprint density at radius 3 is 2.68 bits per heavy atom. The summed E-state index contributed by atoms with van der Waals surface area (Å²) >= 11 is 2.52. The summed E-state index contributed by atoms with van der Waals surface area (Å²) in [6, 6.07) is 9.82. The van der Waals surface area contributed by atoms with Gasteiger partial charge in [0.1, 0.15) is 11.8 Å². The monoisotopic (exact) mass is 492 g/mol. The number of aryl methyl sites for hydroxylation is 2. The average molecular weight is 493 g/mol. The molecule has 34 heavy (non-hydrogen) atoms. The lowest BCUT2D eigenvalue weighted by Gasteiger charge is -2.23. The van der Waals surface area contributed by atoms with Crippen molar-refractivity contribution in [3.63, 3.8) is 0 Å². The fourth-order valence-corrected chi connectivity index (χ4v) is 5.86. The molecular formula is C24H20N4O4S2. The maximum absolute atomic E-state index is 13.6. The largest absolute Gasteiger partial charge is 0.503 e. The number of hydrogen-bond donors (Lipinski definition) is 1. The first-order chi connectivity index (χ1) is 16.4. The van der Waals surface area contributed by atoms with Gasteiger partial charge in [0.2, 0.25) is 5.78 Å². The van der Waals surface area contributed by atoms with Crippen LogP contribution in [0.15, 0.2) is 53.9 Å². The summed E-state index contributed by atoms with van der Waals surface area (Å²) in [7, 11) is 0. The third kappa shape index (κ3) is 3.64. The summed E-state index contributed by atoms with van der Waals surface area (Å²) < 4.78 is 6.40. The van der Waals surface area contributed by atoms with Gasteiger partial charge < -0.3 is 9.84 Å². The molecule has 0 bridgehead atoms. The second-order valence-corrected chi connectivity index (χ2v) is 9.84. The predicted octanol–water partition coefficient (Wildman–Crippen LogP) is 4.95. The van der Waals surface area contributed by atoms with Crippen LogP contribution in [-0.2, 0) is 4.79 Å². The number of thiazole rings is 2. The number of aromatic nitrogens is 3. The second-order valence-electron chi connectivity index (χ2n) is 7.63. The second kappa shape index (κ2) is 8.62. The number of Topliss-reactive ketones (excluding diaryl/α,β-unsaturated/α-hetero) is 1. The molecule has 1 unspecified atom stereocenters. The van der Waals surface area contributed by atoms with Crippen molar-refractivity contribution >= 4 is 49.7 Å². The van der Waals surface area contributed by atoms with Gasteiger partial charge in [0.25, 0.3) is 5.91 Å². The van der Waals surface area contributed by atoms with Gasteiger partial charge in [-0.3, -0.25) is 19.5 Å². The average Bonchev–Trinajstić information content (AvgIpc) is 3.47. The normalized spacial score (nSPS) is 16.0. The molecule has 1 N–H and O–H groups in total. The van der Waals surface area contributed by atoms with E-state index < -0.39 is 23.5 Å². The Kier molecular flexibility index (Phi) is 5.62. The van der Waals surface area contributed by atoms with E-state index in [9.17, 15) is 14.7 Å². The highest BCUT2D eigenvalue weighted by Gasteiger charge is 2.47. The summed E-state index contributed by atoms with van der Waals surface area (Å²) in [5.41, 5.74) is 1.67. The molecule has 1 aliphatic heterocycles. The van der Waals surface area contributed by atoms with Crippen molar-refractivity contribution in [1.82, 2.24) is 15.0 Å². The number of benzene rings is 1. The lowest BCUT2D eigenvalue weighted by molar-refractivity contribution is -0.117. The van der Waals surface area contributed by atoms with E-state index in [0.29, 0.717) is 39.3 Å². The van der Waals surface area contributed by atoms with E-state index in [-0.39, 0.29) is 5.57 Å². The van der Waals surface area contributed by atoms with E-state index in [4.69, 9.17) is 4.74 Å². The summed E-state index contributed by atoms with van der Waals surface area (Å²) in [5, 5.41) is 12.0. The fraction of sp³-hybridized carbons (Fsp3) is 0.208. The number of hydrogen-bond acceptors (Lipinski definition) is 9. The lowest BCUT2D eigenvalue weighted by Crippen LogP contribution is -2.31. The maximum atomic E-state index is 13.6. The van der Waals surface area contributed by atoms with Gasteiger partial charge in [0.15, 0.2) is 10.9 Å². The van der Waals surface area contributed by atoms with Crippen LogP contribution in [0.2, 0.25) is 0 Å². The van der Waals surface area contributed by atoms with Crippen molar-refractivity contribution < 1.29 is 19.4 Å². The van der Waals surface area contributed by atoms with E-state index in [0.717, 1.165) is 9.71 Å². The molecule has 1 aliphatic rings. The molecule has 8 nitrogen and oxygen atoms in total. The number of ketones is 1. The van der Waals surface area contributed by atoms with Crippen molar-refractivity contribution in [2.24, 2.45) is 0 Å². The van der Waals surface area contributed by atoms with Gasteiger partial charge >= 0.3 is 0 Å². The molecule has 3 aromatic heterocycles. The van der Waals surface area contributed by atoms with Gasteiger partial charge in [-0.05, 0) is 51.1 Å². The molecule has 172 valence electrons. The number of aliphatic hydroxyl groups excluding tert-OH is 1. The molecular weight excluding hydrogens is 472 g/mol. The van der Waals surface area contributed by atoms with Gasteiger partial charge in [-0.15, -0.1) is 11.3 Å². The molecule has 5 rings (SSSR count). The SMILES string of the molecule is CCOc1ccc2nc(N3C(=O)C(O)=C(C(=O)c4sc(C)nc4C)C3c3ccccn3)sc2c1. The number of rotatable bonds is 6. The van der Waals surface area contributed by atoms with Crippen molar-refractivity contribution in [3.8, 4) is 5.75 Å². The number of anilines is 1. The van der Waals surface area contributed by atoms with Gasteiger partial charge in [0, 0.05) is 6.20 Å². The third-order valence-electron chi connectivity index (χ3n) is 5.40. The molecule has 0 fully saturated rings. The molecule has 0 spiro atoms. The minimum Gasteiger partial charge on any atom is -0.503 e. The molecule has 1 atom stereocenters. The number of fused-ring (bicyclic) bond motifs is 1. The zero-order valence-electron chi connectivity index (χ0n) is 18.6. The van der Waals surface area contributed by atoms with Gasteiger partial charge in [-0.1, -0.05) is 17.4 Å². The zero-order chi connectivity index (χ0) is 24.0. The number of pyridine rings is 1. The van der Waals surface area contributed by atoms with Crippen LogP contribution in [0.3, 0.4) is 0 Å². The van der Waals surface area contributed by atoms with Crippen LogP contribution in [0.4, 0.5) is 5.13 Å². The smallest absolute Gasteiger partial charge is 0.296 e. The predicted molar refractivity (Wildman–Crippen MR) is 131 cm³/mol. The Morgan fingerprint density at radius 1 is 1.18 bits per heavy atom. The number of carbonyl (C=O) groups is 2. The van der Waals surface area contributed by atoms with E-state index in [1.54, 1.807) is 31.3 Å². The Morgan fingerprint density at radius 2 is 2.00 bits per heavy atom. The molecule has 10 heteroatoms. The lowest BCUT2D eigenvalue weighted by atomic mass is 9.98. The summed E-state index contributed by atoms with van der Waals surface area (Å²) in [6.45, 7) is 5.98. The maximum Gasteiger partial charge on any atom is 0.296 e. The Hall–Kier alpha value is -3.63. The quantitative estimate of drug-likeness (QED) is 0.380. The zero-order valence-corrected chi connectivity index (χ0v) is 20.2. The van der Waals surface area contributed by atoms with E-state index in [2.05, 4.69) is 15.0 Å². The minimum atomic E-state index is -0.921. The summed E-state index contributed by atoms with van der Waals surface area (Å²) in [4.78, 5) is 42.0. The number of nitrogens with zero attached hydrogens (tertiary/aromatic N) is 4. The van der Waals surface area contributed by atoms with E-state index in [1.807, 2.05) is 32.0 Å². The van der Waals surface area contributed by atoms with E-state index in [1.165, 1.54) is 27.6 Å². The molecule has 1 amide bonds. The van der Waals surface area contributed by atoms with Crippen LogP contribution in [0.1, 0.15) is 39.0 Å². The third-order valence-corrected chi connectivity index (χ3v) is 7.49. The molecule has 0 radical (unpaired) electrons. The first-order valence-corrected chi connectivity index (χ1v) is 12.2. The highest BCUT2D eigenvalue weighted by atomic mass is 32.1. The van der Waals surface area contributed by atoms with E-state index >= 15 is 0 Å².